The van der Waals surface area contributed by atoms with E-state index in [1.807, 2.05) is 0 Å². The smallest absolute Gasteiger partial charge is 0.238 e. The third-order valence-electron chi connectivity index (χ3n) is 3.57. The predicted octanol–water partition coefficient (Wildman–Crippen LogP) is 2.53. The minimum absolute atomic E-state index is 0.00388. The molecule has 1 aromatic rings. The Morgan fingerprint density at radius 2 is 1.91 bits per heavy atom. The Labute approximate surface area is 139 Å². The van der Waals surface area contributed by atoms with E-state index in [-0.39, 0.29) is 17.9 Å². The number of amides is 2. The predicted molar refractivity (Wildman–Crippen MR) is 88.4 cm³/mol. The summed E-state index contributed by atoms with van der Waals surface area (Å²) < 4.78 is 0. The number of halogens is 2. The summed E-state index contributed by atoms with van der Waals surface area (Å²) in [6, 6.07) is 5.21. The molecule has 2 N–H and O–H groups in total. The number of benzene rings is 1. The number of rotatable bonds is 4. The van der Waals surface area contributed by atoms with Gasteiger partial charge in [-0.3, -0.25) is 14.5 Å². The SMILES string of the molecule is CC(=O)NC1CCN(CC(=O)Nc2ccc(Cl)c(Cl)c2)CC1. The van der Waals surface area contributed by atoms with Crippen LogP contribution >= 0.6 is 23.2 Å². The van der Waals surface area contributed by atoms with Crippen LogP contribution in [0.5, 0.6) is 0 Å². The second-order valence-electron chi connectivity index (χ2n) is 5.43. The number of nitrogens with one attached hydrogen (secondary N) is 2. The zero-order valence-corrected chi connectivity index (χ0v) is 13.9. The Kier molecular flexibility index (Phi) is 6.06. The summed E-state index contributed by atoms with van der Waals surface area (Å²) in [5.74, 6) is -0.0906. The molecule has 1 saturated heterocycles. The van der Waals surface area contributed by atoms with Crippen molar-refractivity contribution in [1.82, 2.24) is 10.2 Å². The van der Waals surface area contributed by atoms with Crippen LogP contribution in [0.2, 0.25) is 10.0 Å². The molecule has 5 nitrogen and oxygen atoms in total. The summed E-state index contributed by atoms with van der Waals surface area (Å²) in [5.41, 5.74) is 0.632. The van der Waals surface area contributed by atoms with E-state index >= 15 is 0 Å². The molecule has 0 spiro atoms. The fourth-order valence-electron chi connectivity index (χ4n) is 2.50. The van der Waals surface area contributed by atoms with Crippen LogP contribution in [0.15, 0.2) is 18.2 Å². The van der Waals surface area contributed by atoms with E-state index in [1.165, 1.54) is 6.92 Å². The van der Waals surface area contributed by atoms with Crippen molar-refractivity contribution >= 4 is 40.7 Å². The monoisotopic (exact) mass is 343 g/mol. The standard InChI is InChI=1S/C15H19Cl2N3O2/c1-10(21)18-11-4-6-20(7-5-11)9-15(22)19-12-2-3-13(16)14(17)8-12/h2-3,8,11H,4-7,9H2,1H3,(H,18,21)(H,19,22). The Bertz CT molecular complexity index is 558. The highest BCUT2D eigenvalue weighted by Crippen LogP contribution is 2.25. The van der Waals surface area contributed by atoms with Gasteiger partial charge >= 0.3 is 0 Å². The first-order valence-corrected chi connectivity index (χ1v) is 7.94. The van der Waals surface area contributed by atoms with Gasteiger partial charge in [0.1, 0.15) is 0 Å². The van der Waals surface area contributed by atoms with Crippen LogP contribution < -0.4 is 10.6 Å². The lowest BCUT2D eigenvalue weighted by molar-refractivity contribution is -0.121. The lowest BCUT2D eigenvalue weighted by Gasteiger charge is -2.31. The van der Waals surface area contributed by atoms with Crippen molar-refractivity contribution in [2.24, 2.45) is 0 Å². The van der Waals surface area contributed by atoms with Crippen LogP contribution in [0.1, 0.15) is 19.8 Å². The Hall–Kier alpha value is -1.30. The summed E-state index contributed by atoms with van der Waals surface area (Å²) >= 11 is 11.8. The number of piperidine rings is 1. The zero-order chi connectivity index (χ0) is 16.1. The van der Waals surface area contributed by atoms with Crippen LogP contribution in [-0.2, 0) is 9.59 Å². The lowest BCUT2D eigenvalue weighted by Crippen LogP contribution is -2.46. The molecule has 1 aromatic carbocycles. The molecule has 0 aliphatic carbocycles. The van der Waals surface area contributed by atoms with Crippen LogP contribution in [-0.4, -0.2) is 42.4 Å². The summed E-state index contributed by atoms with van der Waals surface area (Å²) in [7, 11) is 0. The molecule has 7 heteroatoms. The van der Waals surface area contributed by atoms with Gasteiger partial charge in [0.15, 0.2) is 0 Å². The lowest BCUT2D eigenvalue weighted by atomic mass is 10.1. The van der Waals surface area contributed by atoms with Gasteiger partial charge in [-0.05, 0) is 31.0 Å². The quantitative estimate of drug-likeness (QED) is 0.882. The number of nitrogens with zero attached hydrogens (tertiary/aromatic N) is 1. The van der Waals surface area contributed by atoms with Crippen molar-refractivity contribution in [3.05, 3.63) is 28.2 Å². The fraction of sp³-hybridized carbons (Fsp3) is 0.467. The molecule has 2 rings (SSSR count). The number of carbonyl (C=O) groups is 2. The summed E-state index contributed by atoms with van der Waals surface area (Å²) in [5, 5.41) is 6.59. The van der Waals surface area contributed by atoms with Crippen LogP contribution in [0.4, 0.5) is 5.69 Å². The zero-order valence-electron chi connectivity index (χ0n) is 12.4. The van der Waals surface area contributed by atoms with Gasteiger partial charge in [0.2, 0.25) is 11.8 Å². The third-order valence-corrected chi connectivity index (χ3v) is 4.30. The van der Waals surface area contributed by atoms with Crippen molar-refractivity contribution in [3.63, 3.8) is 0 Å². The number of carbonyl (C=O) groups excluding carboxylic acids is 2. The van der Waals surface area contributed by atoms with Crippen LogP contribution in [0.3, 0.4) is 0 Å². The van der Waals surface area contributed by atoms with Crippen molar-refractivity contribution in [3.8, 4) is 0 Å². The average molecular weight is 344 g/mol. The maximum absolute atomic E-state index is 12.0. The minimum atomic E-state index is -0.0867. The van der Waals surface area contributed by atoms with Crippen molar-refractivity contribution in [1.29, 1.82) is 0 Å². The van der Waals surface area contributed by atoms with Gasteiger partial charge in [-0.25, -0.2) is 0 Å². The molecule has 1 aliphatic rings. The molecule has 22 heavy (non-hydrogen) atoms. The second kappa shape index (κ2) is 7.81. The molecule has 120 valence electrons. The highest BCUT2D eigenvalue weighted by molar-refractivity contribution is 6.42. The van der Waals surface area contributed by atoms with E-state index < -0.39 is 0 Å². The molecule has 1 fully saturated rings. The van der Waals surface area contributed by atoms with Crippen molar-refractivity contribution in [2.45, 2.75) is 25.8 Å². The number of hydrogen-bond acceptors (Lipinski definition) is 3. The van der Waals surface area contributed by atoms with E-state index in [2.05, 4.69) is 15.5 Å². The molecule has 1 aliphatic heterocycles. The average Bonchev–Trinajstić information content (AvgIpc) is 2.44. The summed E-state index contributed by atoms with van der Waals surface area (Å²) in [6.45, 7) is 3.43. The number of hydrogen-bond donors (Lipinski definition) is 2. The highest BCUT2D eigenvalue weighted by atomic mass is 35.5. The van der Waals surface area contributed by atoms with Gasteiger partial charge in [-0.15, -0.1) is 0 Å². The molecule has 0 radical (unpaired) electrons. The van der Waals surface area contributed by atoms with Crippen molar-refractivity contribution < 1.29 is 9.59 Å². The van der Waals surface area contributed by atoms with E-state index in [4.69, 9.17) is 23.2 Å². The largest absolute Gasteiger partial charge is 0.354 e. The van der Waals surface area contributed by atoms with Gasteiger partial charge in [0.25, 0.3) is 0 Å². The fourth-order valence-corrected chi connectivity index (χ4v) is 2.80. The number of anilines is 1. The second-order valence-corrected chi connectivity index (χ2v) is 6.24. The molecule has 0 bridgehead atoms. The maximum atomic E-state index is 12.0. The van der Waals surface area contributed by atoms with E-state index in [0.717, 1.165) is 25.9 Å². The molecule has 2 amide bonds. The molecular weight excluding hydrogens is 325 g/mol. The molecular formula is C15H19Cl2N3O2. The minimum Gasteiger partial charge on any atom is -0.354 e. The molecule has 0 unspecified atom stereocenters. The Morgan fingerprint density at radius 1 is 1.23 bits per heavy atom. The topological polar surface area (TPSA) is 61.4 Å². The van der Waals surface area contributed by atoms with Crippen LogP contribution in [0, 0.1) is 0 Å². The summed E-state index contributed by atoms with van der Waals surface area (Å²) in [6.07, 6.45) is 1.72. The first-order chi connectivity index (χ1) is 10.4. The maximum Gasteiger partial charge on any atom is 0.238 e. The molecule has 1 heterocycles. The Balaban J connectivity index is 1.78. The van der Waals surface area contributed by atoms with Gasteiger partial charge in [0, 0.05) is 31.7 Å². The summed E-state index contributed by atoms with van der Waals surface area (Å²) in [4.78, 5) is 25.1. The van der Waals surface area contributed by atoms with E-state index in [0.29, 0.717) is 22.3 Å². The van der Waals surface area contributed by atoms with Gasteiger partial charge in [-0.2, -0.15) is 0 Å². The number of likely N-dealkylation sites (tertiary alicyclic amines) is 1. The first kappa shape index (κ1) is 17.1. The highest BCUT2D eigenvalue weighted by Gasteiger charge is 2.21. The first-order valence-electron chi connectivity index (χ1n) is 7.18. The van der Waals surface area contributed by atoms with Crippen LogP contribution in [0.25, 0.3) is 0 Å². The van der Waals surface area contributed by atoms with Gasteiger partial charge < -0.3 is 10.6 Å². The normalized spacial score (nSPS) is 16.3. The third kappa shape index (κ3) is 5.16. The Morgan fingerprint density at radius 3 is 2.50 bits per heavy atom. The molecule has 0 atom stereocenters. The van der Waals surface area contributed by atoms with E-state index in [9.17, 15) is 9.59 Å². The molecule has 0 aromatic heterocycles. The van der Waals surface area contributed by atoms with Gasteiger partial charge in [0.05, 0.1) is 16.6 Å². The van der Waals surface area contributed by atoms with Gasteiger partial charge in [-0.1, -0.05) is 23.2 Å². The van der Waals surface area contributed by atoms with Crippen molar-refractivity contribution in [2.75, 3.05) is 25.0 Å². The van der Waals surface area contributed by atoms with E-state index in [1.54, 1.807) is 18.2 Å². The molecule has 0 saturated carbocycles.